The Kier molecular flexibility index (Phi) is 5.33. The lowest BCUT2D eigenvalue weighted by Crippen LogP contribution is -2.37. The minimum absolute atomic E-state index is 0.242. The average molecular weight is 276 g/mol. The molecule has 0 amide bonds. The number of benzene rings is 1. The summed E-state index contributed by atoms with van der Waals surface area (Å²) in [5.41, 5.74) is 5.36. The summed E-state index contributed by atoms with van der Waals surface area (Å²) in [7, 11) is 0. The predicted molar refractivity (Wildman–Crippen MR) is 78.8 cm³/mol. The first-order chi connectivity index (χ1) is 9.28. The number of aryl methyl sites for hydroxylation is 1. The number of hydrazine groups is 1. The van der Waals surface area contributed by atoms with Gasteiger partial charge in [0.05, 0.1) is 0 Å². The highest BCUT2D eigenvalue weighted by Gasteiger charge is 2.08. The Bertz CT molecular complexity index is 502. The molecule has 0 fully saturated rings. The molecule has 3 N–H and O–H groups in total. The molecule has 2 aromatic rings. The van der Waals surface area contributed by atoms with Crippen molar-refractivity contribution in [2.45, 2.75) is 25.3 Å². The second-order valence-corrected chi connectivity index (χ2v) is 5.03. The number of pyridine rings is 1. The lowest BCUT2D eigenvalue weighted by atomic mass is 10.00. The minimum atomic E-state index is 0.242. The Morgan fingerprint density at radius 1 is 1.16 bits per heavy atom. The molecule has 3 nitrogen and oxygen atoms in total. The lowest BCUT2D eigenvalue weighted by molar-refractivity contribution is 0.491. The molecule has 100 valence electrons. The van der Waals surface area contributed by atoms with Crippen LogP contribution in [0.1, 0.15) is 17.5 Å². The third-order valence-electron chi connectivity index (χ3n) is 3.14. The van der Waals surface area contributed by atoms with Gasteiger partial charge < -0.3 is 0 Å². The summed E-state index contributed by atoms with van der Waals surface area (Å²) in [6, 6.07) is 12.2. The Balaban J connectivity index is 1.90. The number of rotatable bonds is 6. The normalized spacial score (nSPS) is 12.3. The van der Waals surface area contributed by atoms with E-state index in [0.717, 1.165) is 24.3 Å². The van der Waals surface area contributed by atoms with Crippen molar-refractivity contribution in [3.8, 4) is 0 Å². The molecule has 0 aliphatic heterocycles. The Morgan fingerprint density at radius 3 is 2.63 bits per heavy atom. The van der Waals surface area contributed by atoms with Crippen LogP contribution in [0.25, 0.3) is 0 Å². The van der Waals surface area contributed by atoms with Crippen molar-refractivity contribution >= 4 is 11.6 Å². The van der Waals surface area contributed by atoms with E-state index in [-0.39, 0.29) is 6.04 Å². The van der Waals surface area contributed by atoms with Crippen LogP contribution in [0, 0.1) is 0 Å². The van der Waals surface area contributed by atoms with Crippen LogP contribution in [-0.2, 0) is 12.8 Å². The molecule has 1 unspecified atom stereocenters. The van der Waals surface area contributed by atoms with E-state index in [1.807, 2.05) is 42.7 Å². The maximum absolute atomic E-state index is 5.99. The monoisotopic (exact) mass is 275 g/mol. The zero-order valence-corrected chi connectivity index (χ0v) is 11.5. The maximum atomic E-state index is 5.99. The first-order valence-electron chi connectivity index (χ1n) is 6.37. The largest absolute Gasteiger partial charge is 0.271 e. The molecule has 0 aliphatic rings. The van der Waals surface area contributed by atoms with Gasteiger partial charge in [-0.3, -0.25) is 16.3 Å². The number of halogens is 1. The number of hydrogen-bond donors (Lipinski definition) is 2. The Labute approximate surface area is 118 Å². The Hall–Kier alpha value is -1.42. The summed E-state index contributed by atoms with van der Waals surface area (Å²) in [6.45, 7) is 0. The van der Waals surface area contributed by atoms with Crippen molar-refractivity contribution in [2.24, 2.45) is 5.84 Å². The molecule has 0 saturated heterocycles. The van der Waals surface area contributed by atoms with Crippen molar-refractivity contribution in [3.05, 3.63) is 64.9 Å². The molecular weight excluding hydrogens is 258 g/mol. The average Bonchev–Trinajstić information content (AvgIpc) is 2.44. The van der Waals surface area contributed by atoms with Crippen LogP contribution in [0.2, 0.25) is 5.02 Å². The van der Waals surface area contributed by atoms with E-state index in [9.17, 15) is 0 Å². The van der Waals surface area contributed by atoms with Crippen LogP contribution in [0.5, 0.6) is 0 Å². The van der Waals surface area contributed by atoms with E-state index < -0.39 is 0 Å². The van der Waals surface area contributed by atoms with Gasteiger partial charge in [-0.2, -0.15) is 0 Å². The first kappa shape index (κ1) is 14.0. The van der Waals surface area contributed by atoms with Crippen LogP contribution in [-0.4, -0.2) is 11.0 Å². The summed E-state index contributed by atoms with van der Waals surface area (Å²) < 4.78 is 0. The molecule has 1 heterocycles. The molecular formula is C15H18ClN3. The maximum Gasteiger partial charge on any atom is 0.0408 e. The van der Waals surface area contributed by atoms with E-state index in [0.29, 0.717) is 0 Å². The zero-order chi connectivity index (χ0) is 13.5. The van der Waals surface area contributed by atoms with Crippen LogP contribution < -0.4 is 11.3 Å². The number of aromatic nitrogens is 1. The summed E-state index contributed by atoms with van der Waals surface area (Å²) in [4.78, 5) is 4.02. The van der Waals surface area contributed by atoms with Gasteiger partial charge in [-0.15, -0.1) is 0 Å². The molecule has 4 heteroatoms. The highest BCUT2D eigenvalue weighted by Crippen LogP contribution is 2.14. The van der Waals surface area contributed by atoms with Crippen molar-refractivity contribution in [1.82, 2.24) is 10.4 Å². The van der Waals surface area contributed by atoms with Crippen molar-refractivity contribution in [3.63, 3.8) is 0 Å². The van der Waals surface area contributed by atoms with E-state index in [1.165, 1.54) is 11.1 Å². The second kappa shape index (κ2) is 7.24. The van der Waals surface area contributed by atoms with Gasteiger partial charge in [0.15, 0.2) is 0 Å². The molecule has 0 aliphatic carbocycles. The Morgan fingerprint density at radius 2 is 1.95 bits per heavy atom. The van der Waals surface area contributed by atoms with Crippen molar-refractivity contribution in [1.29, 1.82) is 0 Å². The van der Waals surface area contributed by atoms with Gasteiger partial charge in [0.2, 0.25) is 0 Å². The lowest BCUT2D eigenvalue weighted by Gasteiger charge is -2.16. The SMILES string of the molecule is NNC(CCc1ccncc1)Cc1cccc(Cl)c1. The predicted octanol–water partition coefficient (Wildman–Crippen LogP) is 2.74. The highest BCUT2D eigenvalue weighted by atomic mass is 35.5. The fraction of sp³-hybridized carbons (Fsp3) is 0.267. The molecule has 1 aromatic heterocycles. The van der Waals surface area contributed by atoms with Crippen LogP contribution in [0.3, 0.4) is 0 Å². The van der Waals surface area contributed by atoms with Crippen molar-refractivity contribution < 1.29 is 0 Å². The van der Waals surface area contributed by atoms with E-state index in [1.54, 1.807) is 0 Å². The smallest absolute Gasteiger partial charge is 0.0408 e. The minimum Gasteiger partial charge on any atom is -0.271 e. The van der Waals surface area contributed by atoms with Gasteiger partial charge >= 0.3 is 0 Å². The summed E-state index contributed by atoms with van der Waals surface area (Å²) >= 11 is 5.99. The fourth-order valence-electron chi connectivity index (χ4n) is 2.08. The van der Waals surface area contributed by atoms with Gasteiger partial charge in [0.1, 0.15) is 0 Å². The number of nitrogens with one attached hydrogen (secondary N) is 1. The molecule has 1 atom stereocenters. The number of hydrogen-bond acceptors (Lipinski definition) is 3. The van der Waals surface area contributed by atoms with E-state index in [2.05, 4.69) is 16.5 Å². The third-order valence-corrected chi connectivity index (χ3v) is 3.37. The van der Waals surface area contributed by atoms with Crippen molar-refractivity contribution in [2.75, 3.05) is 0 Å². The van der Waals surface area contributed by atoms with Gasteiger partial charge in [0.25, 0.3) is 0 Å². The molecule has 1 aromatic carbocycles. The highest BCUT2D eigenvalue weighted by molar-refractivity contribution is 6.30. The van der Waals surface area contributed by atoms with Crippen LogP contribution in [0.15, 0.2) is 48.8 Å². The quantitative estimate of drug-likeness (QED) is 0.630. The second-order valence-electron chi connectivity index (χ2n) is 4.59. The van der Waals surface area contributed by atoms with E-state index >= 15 is 0 Å². The van der Waals surface area contributed by atoms with Gasteiger partial charge in [-0.05, 0) is 54.7 Å². The first-order valence-corrected chi connectivity index (χ1v) is 6.75. The summed E-state index contributed by atoms with van der Waals surface area (Å²) in [5.74, 6) is 5.63. The van der Waals surface area contributed by atoms with E-state index in [4.69, 9.17) is 17.4 Å². The molecule has 19 heavy (non-hydrogen) atoms. The molecule has 2 rings (SSSR count). The van der Waals surface area contributed by atoms with Crippen LogP contribution in [0.4, 0.5) is 0 Å². The third kappa shape index (κ3) is 4.63. The molecule has 0 bridgehead atoms. The fourth-order valence-corrected chi connectivity index (χ4v) is 2.30. The molecule has 0 saturated carbocycles. The van der Waals surface area contributed by atoms with Gasteiger partial charge in [-0.1, -0.05) is 23.7 Å². The number of nitrogens with two attached hydrogens (primary N) is 1. The van der Waals surface area contributed by atoms with Gasteiger partial charge in [0, 0.05) is 23.5 Å². The zero-order valence-electron chi connectivity index (χ0n) is 10.7. The molecule has 0 radical (unpaired) electrons. The molecule has 0 spiro atoms. The summed E-state index contributed by atoms with van der Waals surface area (Å²) in [6.07, 6.45) is 6.47. The number of nitrogens with zero attached hydrogens (tertiary/aromatic N) is 1. The van der Waals surface area contributed by atoms with Crippen LogP contribution >= 0.6 is 11.6 Å². The summed E-state index contributed by atoms with van der Waals surface area (Å²) in [5, 5.41) is 0.766. The van der Waals surface area contributed by atoms with Gasteiger partial charge in [-0.25, -0.2) is 0 Å². The standard InChI is InChI=1S/C15H18ClN3/c16-14-3-1-2-13(10-14)11-15(19-17)5-4-12-6-8-18-9-7-12/h1-3,6-10,15,19H,4-5,11,17H2. The topological polar surface area (TPSA) is 50.9 Å².